The highest BCUT2D eigenvalue weighted by Crippen LogP contribution is 2.29. The van der Waals surface area contributed by atoms with Crippen molar-refractivity contribution in [2.75, 3.05) is 29.7 Å². The molecule has 2 aromatic carbocycles. The fourth-order valence-electron chi connectivity index (χ4n) is 2.73. The molecule has 0 unspecified atom stereocenters. The Hall–Kier alpha value is -2.17. The standard InChI is InChI=1S/C19H26FN3O4S2/c1-4-12-21-18-11-10-17(29(26,27)23(5-2)6-3)14-19(18)22-28(24,25)16-9-7-8-15(20)13-16/h7-11,13-14,21-22H,4-6,12H2,1-3H3. The van der Waals surface area contributed by atoms with E-state index in [1.54, 1.807) is 13.8 Å². The van der Waals surface area contributed by atoms with Crippen LogP contribution in [0.25, 0.3) is 0 Å². The Morgan fingerprint density at radius 3 is 2.17 bits per heavy atom. The SMILES string of the molecule is CCCNc1ccc(S(=O)(=O)N(CC)CC)cc1NS(=O)(=O)c1cccc(F)c1. The molecule has 0 radical (unpaired) electrons. The van der Waals surface area contributed by atoms with E-state index < -0.39 is 25.9 Å². The normalized spacial score (nSPS) is 12.2. The van der Waals surface area contributed by atoms with Gasteiger partial charge in [0.15, 0.2) is 0 Å². The van der Waals surface area contributed by atoms with Gasteiger partial charge in [0.1, 0.15) is 5.82 Å². The maximum absolute atomic E-state index is 13.5. The van der Waals surface area contributed by atoms with E-state index in [0.29, 0.717) is 25.3 Å². The molecule has 0 bridgehead atoms. The minimum Gasteiger partial charge on any atom is -0.383 e. The van der Waals surface area contributed by atoms with Crippen molar-refractivity contribution in [2.24, 2.45) is 0 Å². The second kappa shape index (κ2) is 9.55. The van der Waals surface area contributed by atoms with Crippen molar-refractivity contribution in [1.82, 2.24) is 4.31 Å². The Morgan fingerprint density at radius 2 is 1.59 bits per heavy atom. The van der Waals surface area contributed by atoms with Gasteiger partial charge in [-0.2, -0.15) is 4.31 Å². The largest absolute Gasteiger partial charge is 0.383 e. The smallest absolute Gasteiger partial charge is 0.262 e. The van der Waals surface area contributed by atoms with Gasteiger partial charge in [0.05, 0.1) is 21.2 Å². The van der Waals surface area contributed by atoms with Crippen LogP contribution in [0.15, 0.2) is 52.3 Å². The summed E-state index contributed by atoms with van der Waals surface area (Å²) in [5.74, 6) is -0.685. The van der Waals surface area contributed by atoms with Gasteiger partial charge in [-0.15, -0.1) is 0 Å². The van der Waals surface area contributed by atoms with Gasteiger partial charge in [0.25, 0.3) is 10.0 Å². The van der Waals surface area contributed by atoms with Gasteiger partial charge in [0, 0.05) is 19.6 Å². The van der Waals surface area contributed by atoms with Gasteiger partial charge in [-0.25, -0.2) is 21.2 Å². The molecular weight excluding hydrogens is 417 g/mol. The number of nitrogens with zero attached hydrogens (tertiary/aromatic N) is 1. The minimum atomic E-state index is -4.12. The Balaban J connectivity index is 2.52. The number of benzene rings is 2. The molecule has 0 aliphatic rings. The molecule has 2 N–H and O–H groups in total. The second-order valence-corrected chi connectivity index (χ2v) is 9.91. The summed E-state index contributed by atoms with van der Waals surface area (Å²) in [4.78, 5) is -0.281. The fourth-order valence-corrected chi connectivity index (χ4v) is 5.32. The van der Waals surface area contributed by atoms with Crippen LogP contribution >= 0.6 is 0 Å². The van der Waals surface area contributed by atoms with Crippen molar-refractivity contribution in [3.8, 4) is 0 Å². The third-order valence-corrected chi connectivity index (χ3v) is 7.66. The highest BCUT2D eigenvalue weighted by molar-refractivity contribution is 7.92. The van der Waals surface area contributed by atoms with E-state index in [4.69, 9.17) is 0 Å². The molecule has 0 amide bonds. The van der Waals surface area contributed by atoms with Crippen molar-refractivity contribution in [1.29, 1.82) is 0 Å². The molecule has 0 fully saturated rings. The van der Waals surface area contributed by atoms with E-state index in [9.17, 15) is 21.2 Å². The summed E-state index contributed by atoms with van der Waals surface area (Å²) in [5, 5.41) is 3.07. The first-order valence-electron chi connectivity index (χ1n) is 9.32. The lowest BCUT2D eigenvalue weighted by Gasteiger charge is -2.20. The molecule has 0 atom stereocenters. The molecule has 0 spiro atoms. The van der Waals surface area contributed by atoms with Crippen LogP contribution < -0.4 is 10.0 Å². The van der Waals surface area contributed by atoms with Crippen LogP contribution in [0.1, 0.15) is 27.2 Å². The number of rotatable bonds is 10. The van der Waals surface area contributed by atoms with Gasteiger partial charge in [-0.3, -0.25) is 4.72 Å². The molecule has 2 rings (SSSR count). The maximum Gasteiger partial charge on any atom is 0.262 e. The Kier molecular flexibility index (Phi) is 7.61. The lowest BCUT2D eigenvalue weighted by molar-refractivity contribution is 0.445. The average molecular weight is 444 g/mol. The first-order chi connectivity index (χ1) is 13.7. The first-order valence-corrected chi connectivity index (χ1v) is 12.2. The van der Waals surface area contributed by atoms with Gasteiger partial charge in [-0.05, 0) is 42.8 Å². The summed E-state index contributed by atoms with van der Waals surface area (Å²) in [7, 11) is -7.89. The molecule has 0 saturated heterocycles. The molecule has 0 aliphatic carbocycles. The van der Waals surface area contributed by atoms with Crippen LogP contribution in [0, 0.1) is 5.82 Å². The second-order valence-electron chi connectivity index (χ2n) is 6.29. The number of hydrogen-bond donors (Lipinski definition) is 2. The van der Waals surface area contributed by atoms with Crippen molar-refractivity contribution in [3.05, 3.63) is 48.3 Å². The molecule has 10 heteroatoms. The zero-order valence-corrected chi connectivity index (χ0v) is 18.3. The molecular formula is C19H26FN3O4S2. The highest BCUT2D eigenvalue weighted by Gasteiger charge is 2.24. The van der Waals surface area contributed by atoms with Crippen molar-refractivity contribution in [2.45, 2.75) is 37.0 Å². The number of halogens is 1. The molecule has 0 heterocycles. The quantitative estimate of drug-likeness (QED) is 0.586. The van der Waals surface area contributed by atoms with E-state index >= 15 is 0 Å². The summed E-state index contributed by atoms with van der Waals surface area (Å²) < 4.78 is 68.3. The van der Waals surface area contributed by atoms with E-state index in [0.717, 1.165) is 18.6 Å². The maximum atomic E-state index is 13.5. The van der Waals surface area contributed by atoms with Crippen molar-refractivity contribution in [3.63, 3.8) is 0 Å². The van der Waals surface area contributed by atoms with Crippen LogP contribution in [0.3, 0.4) is 0 Å². The Morgan fingerprint density at radius 1 is 0.897 bits per heavy atom. The lowest BCUT2D eigenvalue weighted by atomic mass is 10.2. The summed E-state index contributed by atoms with van der Waals surface area (Å²) >= 11 is 0. The monoisotopic (exact) mass is 443 g/mol. The van der Waals surface area contributed by atoms with Crippen LogP contribution in [0.4, 0.5) is 15.8 Å². The van der Waals surface area contributed by atoms with E-state index in [-0.39, 0.29) is 15.5 Å². The molecule has 7 nitrogen and oxygen atoms in total. The zero-order chi connectivity index (χ0) is 21.7. The van der Waals surface area contributed by atoms with E-state index in [2.05, 4.69) is 10.0 Å². The Labute approximate surface area is 172 Å². The molecule has 0 aromatic heterocycles. The Bertz CT molecular complexity index is 1050. The van der Waals surface area contributed by atoms with Crippen LogP contribution in [-0.2, 0) is 20.0 Å². The third-order valence-electron chi connectivity index (χ3n) is 4.25. The van der Waals surface area contributed by atoms with Gasteiger partial charge in [-0.1, -0.05) is 26.8 Å². The molecule has 0 aliphatic heterocycles. The molecule has 29 heavy (non-hydrogen) atoms. The summed E-state index contributed by atoms with van der Waals surface area (Å²) in [6.07, 6.45) is 0.787. The summed E-state index contributed by atoms with van der Waals surface area (Å²) in [6.45, 7) is 6.55. The van der Waals surface area contributed by atoms with Crippen LogP contribution in [0.2, 0.25) is 0 Å². The van der Waals surface area contributed by atoms with Gasteiger partial charge < -0.3 is 5.32 Å². The lowest BCUT2D eigenvalue weighted by Crippen LogP contribution is -2.30. The summed E-state index contributed by atoms with van der Waals surface area (Å²) in [6, 6.07) is 8.84. The van der Waals surface area contributed by atoms with Gasteiger partial charge >= 0.3 is 0 Å². The number of sulfonamides is 2. The summed E-state index contributed by atoms with van der Waals surface area (Å²) in [5.41, 5.74) is 0.515. The minimum absolute atomic E-state index is 0.0276. The van der Waals surface area contributed by atoms with Crippen molar-refractivity contribution >= 4 is 31.4 Å². The topological polar surface area (TPSA) is 95.6 Å². The number of anilines is 2. The molecule has 0 saturated carbocycles. The van der Waals surface area contributed by atoms with Crippen molar-refractivity contribution < 1.29 is 21.2 Å². The predicted molar refractivity (Wildman–Crippen MR) is 113 cm³/mol. The predicted octanol–water partition coefficient (Wildman–Crippen LogP) is 3.48. The number of hydrogen-bond acceptors (Lipinski definition) is 5. The van der Waals surface area contributed by atoms with Crippen LogP contribution in [-0.4, -0.2) is 40.8 Å². The zero-order valence-electron chi connectivity index (χ0n) is 16.6. The highest BCUT2D eigenvalue weighted by atomic mass is 32.2. The fraction of sp³-hybridized carbons (Fsp3) is 0.368. The number of nitrogens with one attached hydrogen (secondary N) is 2. The van der Waals surface area contributed by atoms with Gasteiger partial charge in [0.2, 0.25) is 10.0 Å². The first kappa shape index (κ1) is 23.1. The average Bonchev–Trinajstić information content (AvgIpc) is 2.67. The molecule has 2 aromatic rings. The van der Waals surface area contributed by atoms with Crippen LogP contribution in [0.5, 0.6) is 0 Å². The third kappa shape index (κ3) is 5.46. The van der Waals surface area contributed by atoms with E-state index in [1.165, 1.54) is 34.6 Å². The molecule has 160 valence electrons. The van der Waals surface area contributed by atoms with E-state index in [1.807, 2.05) is 6.92 Å².